The molecule has 2 aromatic carbocycles. The lowest BCUT2D eigenvalue weighted by Gasteiger charge is -2.27. The molecule has 0 fully saturated rings. The number of hydrogen-bond acceptors (Lipinski definition) is 3. The largest absolute Gasteiger partial charge is 0.468 e. The van der Waals surface area contributed by atoms with E-state index in [1.54, 1.807) is 6.26 Å². The van der Waals surface area contributed by atoms with Gasteiger partial charge < -0.3 is 9.73 Å². The molecular weight excluding hydrogens is 324 g/mol. The molecule has 1 amide bonds. The molecule has 0 aliphatic carbocycles. The monoisotopic (exact) mass is 348 g/mol. The summed E-state index contributed by atoms with van der Waals surface area (Å²) in [5, 5.41) is 3.07. The Hall–Kier alpha value is -2.85. The molecule has 0 saturated heterocycles. The van der Waals surface area contributed by atoms with Crippen molar-refractivity contribution < 1.29 is 9.21 Å². The van der Waals surface area contributed by atoms with E-state index in [-0.39, 0.29) is 5.91 Å². The number of aryl methyl sites for hydroxylation is 2. The van der Waals surface area contributed by atoms with Crippen molar-refractivity contribution in [3.63, 3.8) is 0 Å². The average molecular weight is 348 g/mol. The van der Waals surface area contributed by atoms with Crippen LogP contribution in [0.5, 0.6) is 0 Å². The molecule has 1 aromatic heterocycles. The van der Waals surface area contributed by atoms with Gasteiger partial charge in [-0.25, -0.2) is 0 Å². The molecule has 0 aliphatic heterocycles. The molecule has 0 saturated carbocycles. The predicted octanol–water partition coefficient (Wildman–Crippen LogP) is 4.71. The highest BCUT2D eigenvalue weighted by Gasteiger charge is 2.26. The lowest BCUT2D eigenvalue weighted by molar-refractivity contribution is -0.121. The van der Waals surface area contributed by atoms with Crippen molar-refractivity contribution in [3.8, 4) is 0 Å². The highest BCUT2D eigenvalue weighted by molar-refractivity contribution is 5.95. The fourth-order valence-corrected chi connectivity index (χ4v) is 3.24. The minimum Gasteiger partial charge on any atom is -0.468 e. The SMILES string of the molecule is Cc1cc(C)cc(NC(=O)C(c2ccccc2)N(C)Cc2ccco2)c1. The van der Waals surface area contributed by atoms with Crippen LogP contribution in [0.1, 0.15) is 28.5 Å². The molecule has 4 heteroatoms. The summed E-state index contributed by atoms with van der Waals surface area (Å²) < 4.78 is 5.45. The quantitative estimate of drug-likeness (QED) is 0.702. The molecule has 26 heavy (non-hydrogen) atoms. The van der Waals surface area contributed by atoms with Crippen molar-refractivity contribution in [2.75, 3.05) is 12.4 Å². The lowest BCUT2D eigenvalue weighted by Crippen LogP contribution is -2.34. The fraction of sp³-hybridized carbons (Fsp3) is 0.227. The van der Waals surface area contributed by atoms with Gasteiger partial charge in [0.1, 0.15) is 11.8 Å². The van der Waals surface area contributed by atoms with E-state index in [1.807, 2.05) is 80.4 Å². The van der Waals surface area contributed by atoms with E-state index in [4.69, 9.17) is 4.42 Å². The fourth-order valence-electron chi connectivity index (χ4n) is 3.24. The van der Waals surface area contributed by atoms with Gasteiger partial charge in [0.05, 0.1) is 12.8 Å². The second-order valence-corrected chi connectivity index (χ2v) is 6.67. The second kappa shape index (κ2) is 8.02. The van der Waals surface area contributed by atoms with Crippen LogP contribution in [0.25, 0.3) is 0 Å². The van der Waals surface area contributed by atoms with E-state index in [0.717, 1.165) is 28.1 Å². The van der Waals surface area contributed by atoms with Crippen molar-refractivity contribution in [2.24, 2.45) is 0 Å². The Morgan fingerprint density at radius 2 is 1.73 bits per heavy atom. The Morgan fingerprint density at radius 3 is 2.35 bits per heavy atom. The van der Waals surface area contributed by atoms with Crippen LogP contribution in [0, 0.1) is 13.8 Å². The van der Waals surface area contributed by atoms with Gasteiger partial charge in [0.25, 0.3) is 0 Å². The van der Waals surface area contributed by atoms with E-state index >= 15 is 0 Å². The number of carbonyl (C=O) groups is 1. The van der Waals surface area contributed by atoms with Gasteiger partial charge in [0.15, 0.2) is 0 Å². The number of nitrogens with one attached hydrogen (secondary N) is 1. The van der Waals surface area contributed by atoms with Crippen LogP contribution >= 0.6 is 0 Å². The maximum Gasteiger partial charge on any atom is 0.246 e. The number of amides is 1. The third-order valence-electron chi connectivity index (χ3n) is 4.28. The minimum absolute atomic E-state index is 0.0599. The first-order chi connectivity index (χ1) is 12.5. The highest BCUT2D eigenvalue weighted by atomic mass is 16.3. The number of benzene rings is 2. The zero-order valence-corrected chi connectivity index (χ0v) is 15.4. The van der Waals surface area contributed by atoms with Gasteiger partial charge in [0.2, 0.25) is 5.91 Å². The zero-order valence-electron chi connectivity index (χ0n) is 15.4. The third kappa shape index (κ3) is 4.41. The van der Waals surface area contributed by atoms with Gasteiger partial charge in [-0.1, -0.05) is 36.4 Å². The normalized spacial score (nSPS) is 12.2. The maximum absolute atomic E-state index is 13.1. The van der Waals surface area contributed by atoms with Gasteiger partial charge in [0, 0.05) is 5.69 Å². The maximum atomic E-state index is 13.1. The van der Waals surface area contributed by atoms with Crippen LogP contribution in [0.3, 0.4) is 0 Å². The summed E-state index contributed by atoms with van der Waals surface area (Å²) in [7, 11) is 1.93. The van der Waals surface area contributed by atoms with Crippen molar-refractivity contribution >= 4 is 11.6 Å². The number of anilines is 1. The Kier molecular flexibility index (Phi) is 5.54. The molecule has 3 aromatic rings. The van der Waals surface area contributed by atoms with E-state index in [1.165, 1.54) is 0 Å². The standard InChI is InChI=1S/C22H24N2O2/c1-16-12-17(2)14-19(13-16)23-22(25)21(18-8-5-4-6-9-18)24(3)15-20-10-7-11-26-20/h4-14,21H,15H2,1-3H3,(H,23,25). The summed E-state index contributed by atoms with van der Waals surface area (Å²) in [5.41, 5.74) is 4.02. The molecule has 134 valence electrons. The smallest absolute Gasteiger partial charge is 0.246 e. The summed E-state index contributed by atoms with van der Waals surface area (Å²) in [5.74, 6) is 0.767. The molecule has 3 rings (SSSR count). The van der Waals surface area contributed by atoms with Gasteiger partial charge in [-0.2, -0.15) is 0 Å². The molecule has 0 bridgehead atoms. The molecule has 1 heterocycles. The molecule has 4 nitrogen and oxygen atoms in total. The predicted molar refractivity (Wildman–Crippen MR) is 104 cm³/mol. The molecular formula is C22H24N2O2. The molecule has 0 radical (unpaired) electrons. The van der Waals surface area contributed by atoms with Crippen LogP contribution in [0.15, 0.2) is 71.3 Å². The first kappa shape index (κ1) is 18.0. The van der Waals surface area contributed by atoms with Crippen molar-refractivity contribution in [1.29, 1.82) is 0 Å². The van der Waals surface area contributed by atoms with Gasteiger partial charge in [-0.3, -0.25) is 9.69 Å². The number of nitrogens with zero attached hydrogens (tertiary/aromatic N) is 1. The number of rotatable bonds is 6. The molecule has 1 unspecified atom stereocenters. The number of likely N-dealkylation sites (N-methyl/N-ethyl adjacent to an activating group) is 1. The van der Waals surface area contributed by atoms with Crippen LogP contribution in [0.2, 0.25) is 0 Å². The third-order valence-corrected chi connectivity index (χ3v) is 4.28. The first-order valence-corrected chi connectivity index (χ1v) is 8.69. The summed E-state index contributed by atoms with van der Waals surface area (Å²) in [6.07, 6.45) is 1.65. The van der Waals surface area contributed by atoms with Gasteiger partial charge in [-0.05, 0) is 61.9 Å². The Balaban J connectivity index is 1.85. The van der Waals surface area contributed by atoms with Gasteiger partial charge in [-0.15, -0.1) is 0 Å². The Labute approximate surface area is 154 Å². The molecule has 0 aliphatic rings. The zero-order chi connectivity index (χ0) is 18.5. The summed E-state index contributed by atoms with van der Waals surface area (Å²) in [4.78, 5) is 15.1. The van der Waals surface area contributed by atoms with E-state index in [9.17, 15) is 4.79 Å². The Morgan fingerprint density at radius 1 is 1.04 bits per heavy atom. The minimum atomic E-state index is -0.415. The lowest BCUT2D eigenvalue weighted by atomic mass is 10.0. The van der Waals surface area contributed by atoms with Crippen molar-refractivity contribution in [1.82, 2.24) is 4.90 Å². The number of furan rings is 1. The van der Waals surface area contributed by atoms with E-state index < -0.39 is 6.04 Å². The number of hydrogen-bond donors (Lipinski definition) is 1. The molecule has 1 atom stereocenters. The van der Waals surface area contributed by atoms with Crippen LogP contribution in [-0.2, 0) is 11.3 Å². The van der Waals surface area contributed by atoms with Crippen LogP contribution in [-0.4, -0.2) is 17.9 Å². The number of carbonyl (C=O) groups excluding carboxylic acids is 1. The second-order valence-electron chi connectivity index (χ2n) is 6.67. The summed E-state index contributed by atoms with van der Waals surface area (Å²) >= 11 is 0. The van der Waals surface area contributed by atoms with E-state index in [2.05, 4.69) is 11.4 Å². The average Bonchev–Trinajstić information content (AvgIpc) is 3.08. The van der Waals surface area contributed by atoms with Gasteiger partial charge >= 0.3 is 0 Å². The van der Waals surface area contributed by atoms with Crippen molar-refractivity contribution in [2.45, 2.75) is 26.4 Å². The van der Waals surface area contributed by atoms with Crippen molar-refractivity contribution in [3.05, 3.63) is 89.4 Å². The molecule has 0 spiro atoms. The Bertz CT molecular complexity index is 837. The van der Waals surface area contributed by atoms with Crippen LogP contribution < -0.4 is 5.32 Å². The topological polar surface area (TPSA) is 45.5 Å². The first-order valence-electron chi connectivity index (χ1n) is 8.69. The molecule has 1 N–H and O–H groups in total. The van der Waals surface area contributed by atoms with Crippen LogP contribution in [0.4, 0.5) is 5.69 Å². The highest BCUT2D eigenvalue weighted by Crippen LogP contribution is 2.24. The van der Waals surface area contributed by atoms with E-state index in [0.29, 0.717) is 6.54 Å². The summed E-state index contributed by atoms with van der Waals surface area (Å²) in [6.45, 7) is 4.60. The summed E-state index contributed by atoms with van der Waals surface area (Å²) in [6, 6.07) is 19.2.